The summed E-state index contributed by atoms with van der Waals surface area (Å²) in [6.45, 7) is 4.47. The van der Waals surface area contributed by atoms with E-state index in [1.165, 1.54) is 6.07 Å². The average Bonchev–Trinajstić information content (AvgIpc) is 2.75. The summed E-state index contributed by atoms with van der Waals surface area (Å²) in [7, 11) is 1.97. The molecule has 0 spiro atoms. The SMILES string of the molecule is Cc1ccc(C(C(C)N)N(C)Cc2cccc(F)c2)o1. The molecule has 2 unspecified atom stereocenters. The highest BCUT2D eigenvalue weighted by Crippen LogP contribution is 2.25. The van der Waals surface area contributed by atoms with E-state index in [1.807, 2.05) is 39.1 Å². The van der Waals surface area contributed by atoms with Gasteiger partial charge >= 0.3 is 0 Å². The summed E-state index contributed by atoms with van der Waals surface area (Å²) in [6.07, 6.45) is 0. The van der Waals surface area contributed by atoms with Crippen LogP contribution in [0.15, 0.2) is 40.8 Å². The van der Waals surface area contributed by atoms with Crippen LogP contribution < -0.4 is 5.73 Å². The normalized spacial score (nSPS) is 14.5. The highest BCUT2D eigenvalue weighted by molar-refractivity contribution is 5.17. The topological polar surface area (TPSA) is 42.4 Å². The average molecular weight is 276 g/mol. The molecular formula is C16H21FN2O. The molecule has 0 radical (unpaired) electrons. The lowest BCUT2D eigenvalue weighted by Crippen LogP contribution is -2.36. The molecule has 1 aromatic carbocycles. The van der Waals surface area contributed by atoms with Crippen molar-refractivity contribution < 1.29 is 8.81 Å². The zero-order valence-electron chi connectivity index (χ0n) is 12.1. The summed E-state index contributed by atoms with van der Waals surface area (Å²) in [5, 5.41) is 0. The smallest absolute Gasteiger partial charge is 0.123 e. The molecular weight excluding hydrogens is 255 g/mol. The van der Waals surface area contributed by atoms with Crippen molar-refractivity contribution in [3.05, 3.63) is 59.3 Å². The Labute approximate surface area is 119 Å². The fraction of sp³-hybridized carbons (Fsp3) is 0.375. The van der Waals surface area contributed by atoms with Gasteiger partial charge in [0.2, 0.25) is 0 Å². The lowest BCUT2D eigenvalue weighted by Gasteiger charge is -2.29. The molecule has 20 heavy (non-hydrogen) atoms. The molecule has 4 heteroatoms. The first-order valence-electron chi connectivity index (χ1n) is 6.74. The maximum atomic E-state index is 13.2. The van der Waals surface area contributed by atoms with Gasteiger partial charge in [-0.15, -0.1) is 0 Å². The van der Waals surface area contributed by atoms with Crippen molar-refractivity contribution in [1.82, 2.24) is 4.90 Å². The predicted octanol–water partition coefficient (Wildman–Crippen LogP) is 3.25. The molecule has 0 aliphatic heterocycles. The molecule has 0 saturated carbocycles. The number of furan rings is 1. The van der Waals surface area contributed by atoms with Crippen LogP contribution in [0.3, 0.4) is 0 Å². The van der Waals surface area contributed by atoms with Gasteiger partial charge in [-0.1, -0.05) is 12.1 Å². The number of likely N-dealkylation sites (N-methyl/N-ethyl adjacent to an activating group) is 1. The van der Waals surface area contributed by atoms with Crippen LogP contribution in [0.5, 0.6) is 0 Å². The monoisotopic (exact) mass is 276 g/mol. The Hall–Kier alpha value is -1.65. The Morgan fingerprint density at radius 1 is 1.30 bits per heavy atom. The van der Waals surface area contributed by atoms with Gasteiger partial charge in [-0.3, -0.25) is 4.90 Å². The zero-order chi connectivity index (χ0) is 14.7. The number of nitrogens with zero attached hydrogens (tertiary/aromatic N) is 1. The lowest BCUT2D eigenvalue weighted by atomic mass is 10.1. The predicted molar refractivity (Wildman–Crippen MR) is 77.7 cm³/mol. The largest absolute Gasteiger partial charge is 0.465 e. The first kappa shape index (κ1) is 14.8. The van der Waals surface area contributed by atoms with Crippen molar-refractivity contribution in [2.45, 2.75) is 32.5 Å². The maximum absolute atomic E-state index is 13.2. The molecule has 1 aromatic heterocycles. The van der Waals surface area contributed by atoms with E-state index in [0.717, 1.165) is 17.1 Å². The van der Waals surface area contributed by atoms with E-state index in [4.69, 9.17) is 10.2 Å². The summed E-state index contributed by atoms with van der Waals surface area (Å²) in [6, 6.07) is 10.4. The van der Waals surface area contributed by atoms with Gasteiger partial charge < -0.3 is 10.2 Å². The van der Waals surface area contributed by atoms with Gasteiger partial charge in [0.15, 0.2) is 0 Å². The number of hydrogen-bond donors (Lipinski definition) is 1. The number of halogens is 1. The van der Waals surface area contributed by atoms with Gasteiger partial charge in [0, 0.05) is 12.6 Å². The molecule has 2 rings (SSSR count). The minimum atomic E-state index is -0.220. The van der Waals surface area contributed by atoms with Gasteiger partial charge in [0.25, 0.3) is 0 Å². The fourth-order valence-corrected chi connectivity index (χ4v) is 2.51. The highest BCUT2D eigenvalue weighted by Gasteiger charge is 2.24. The molecule has 0 bridgehead atoms. The number of aryl methyl sites for hydroxylation is 1. The summed E-state index contributed by atoms with van der Waals surface area (Å²) in [5.74, 6) is 1.49. The van der Waals surface area contributed by atoms with Crippen LogP contribution in [0.4, 0.5) is 4.39 Å². The molecule has 2 atom stereocenters. The van der Waals surface area contributed by atoms with E-state index in [-0.39, 0.29) is 17.9 Å². The lowest BCUT2D eigenvalue weighted by molar-refractivity contribution is 0.182. The number of hydrogen-bond acceptors (Lipinski definition) is 3. The fourth-order valence-electron chi connectivity index (χ4n) is 2.51. The first-order chi connectivity index (χ1) is 9.47. The van der Waals surface area contributed by atoms with Crippen molar-refractivity contribution >= 4 is 0 Å². The Balaban J connectivity index is 2.17. The van der Waals surface area contributed by atoms with Crippen molar-refractivity contribution in [3.63, 3.8) is 0 Å². The second kappa shape index (κ2) is 6.20. The van der Waals surface area contributed by atoms with Crippen molar-refractivity contribution in [2.75, 3.05) is 7.05 Å². The first-order valence-corrected chi connectivity index (χ1v) is 6.74. The summed E-state index contributed by atoms with van der Waals surface area (Å²) >= 11 is 0. The molecule has 0 fully saturated rings. The quantitative estimate of drug-likeness (QED) is 0.911. The molecule has 0 aliphatic rings. The Kier molecular flexibility index (Phi) is 4.57. The van der Waals surface area contributed by atoms with E-state index in [2.05, 4.69) is 4.90 Å². The van der Waals surface area contributed by atoms with Crippen molar-refractivity contribution in [1.29, 1.82) is 0 Å². The molecule has 2 aromatic rings. The van der Waals surface area contributed by atoms with E-state index < -0.39 is 0 Å². The van der Waals surface area contributed by atoms with E-state index in [0.29, 0.717) is 6.54 Å². The Morgan fingerprint density at radius 2 is 2.05 bits per heavy atom. The second-order valence-electron chi connectivity index (χ2n) is 5.30. The molecule has 0 saturated heterocycles. The number of benzene rings is 1. The van der Waals surface area contributed by atoms with E-state index >= 15 is 0 Å². The number of rotatable bonds is 5. The van der Waals surface area contributed by atoms with Crippen molar-refractivity contribution in [2.24, 2.45) is 5.73 Å². The maximum Gasteiger partial charge on any atom is 0.123 e. The minimum absolute atomic E-state index is 0.0352. The van der Waals surface area contributed by atoms with Crippen LogP contribution in [0.2, 0.25) is 0 Å². The summed E-state index contributed by atoms with van der Waals surface area (Å²) < 4.78 is 18.9. The van der Waals surface area contributed by atoms with Gasteiger partial charge in [0.1, 0.15) is 17.3 Å². The van der Waals surface area contributed by atoms with Gasteiger partial charge in [-0.25, -0.2) is 4.39 Å². The van der Waals surface area contributed by atoms with E-state index in [9.17, 15) is 4.39 Å². The van der Waals surface area contributed by atoms with Gasteiger partial charge in [-0.2, -0.15) is 0 Å². The molecule has 3 nitrogen and oxygen atoms in total. The third-order valence-corrected chi connectivity index (χ3v) is 3.35. The van der Waals surface area contributed by atoms with Gasteiger partial charge in [-0.05, 0) is 50.7 Å². The number of nitrogens with two attached hydrogens (primary N) is 1. The van der Waals surface area contributed by atoms with Crippen LogP contribution >= 0.6 is 0 Å². The van der Waals surface area contributed by atoms with Crippen LogP contribution in [0.25, 0.3) is 0 Å². The Bertz CT molecular complexity index is 565. The third-order valence-electron chi connectivity index (χ3n) is 3.35. The molecule has 0 aliphatic carbocycles. The molecule has 1 heterocycles. The summed E-state index contributed by atoms with van der Waals surface area (Å²) in [4.78, 5) is 2.08. The van der Waals surface area contributed by atoms with Crippen LogP contribution in [0, 0.1) is 12.7 Å². The van der Waals surface area contributed by atoms with Crippen LogP contribution in [-0.2, 0) is 6.54 Å². The second-order valence-corrected chi connectivity index (χ2v) is 5.30. The van der Waals surface area contributed by atoms with Crippen LogP contribution in [0.1, 0.15) is 30.0 Å². The molecule has 2 N–H and O–H groups in total. The van der Waals surface area contributed by atoms with Crippen molar-refractivity contribution in [3.8, 4) is 0 Å². The van der Waals surface area contributed by atoms with Crippen LogP contribution in [-0.4, -0.2) is 18.0 Å². The molecule has 0 amide bonds. The molecule has 108 valence electrons. The summed E-state index contributed by atoms with van der Waals surface area (Å²) in [5.41, 5.74) is 7.00. The Morgan fingerprint density at radius 3 is 2.60 bits per heavy atom. The van der Waals surface area contributed by atoms with E-state index in [1.54, 1.807) is 12.1 Å². The minimum Gasteiger partial charge on any atom is -0.465 e. The standard InChI is InChI=1S/C16H21FN2O/c1-11-7-8-15(20-11)16(12(2)18)19(3)10-13-5-4-6-14(17)9-13/h4-9,12,16H,10,18H2,1-3H3. The third kappa shape index (κ3) is 3.46. The zero-order valence-corrected chi connectivity index (χ0v) is 12.1. The highest BCUT2D eigenvalue weighted by atomic mass is 19.1. The van der Waals surface area contributed by atoms with Gasteiger partial charge in [0.05, 0.1) is 6.04 Å².